The second kappa shape index (κ2) is 9.08. The van der Waals surface area contributed by atoms with Crippen molar-refractivity contribution in [2.75, 3.05) is 6.61 Å². The van der Waals surface area contributed by atoms with Gasteiger partial charge < -0.3 is 14.2 Å². The molecule has 0 unspecified atom stereocenters. The predicted molar refractivity (Wildman–Crippen MR) is 101 cm³/mol. The first-order chi connectivity index (χ1) is 13.7. The SMILES string of the molecule is CC(=O)OC[C@H]1O[C@@H](n2cc(F)c(=O)[nH]c2=O)C[C@@H]1OCc1ccc(Cl)cc1Cl. The summed E-state index contributed by atoms with van der Waals surface area (Å²) in [4.78, 5) is 36.3. The van der Waals surface area contributed by atoms with E-state index in [1.54, 1.807) is 18.2 Å². The van der Waals surface area contributed by atoms with Gasteiger partial charge in [0.2, 0.25) is 5.82 Å². The molecule has 1 saturated heterocycles. The molecule has 1 aromatic carbocycles. The van der Waals surface area contributed by atoms with Gasteiger partial charge in [0.25, 0.3) is 5.56 Å². The van der Waals surface area contributed by atoms with Crippen molar-refractivity contribution >= 4 is 29.2 Å². The third-order valence-corrected chi connectivity index (χ3v) is 4.92. The molecule has 1 N–H and O–H groups in total. The smallest absolute Gasteiger partial charge is 0.330 e. The van der Waals surface area contributed by atoms with Crippen molar-refractivity contribution in [1.82, 2.24) is 9.55 Å². The van der Waals surface area contributed by atoms with E-state index in [0.29, 0.717) is 15.6 Å². The van der Waals surface area contributed by atoms with E-state index >= 15 is 0 Å². The number of halogens is 3. The lowest BCUT2D eigenvalue weighted by Crippen LogP contribution is -2.34. The first-order valence-corrected chi connectivity index (χ1v) is 9.35. The van der Waals surface area contributed by atoms with E-state index in [-0.39, 0.29) is 19.6 Å². The highest BCUT2D eigenvalue weighted by Crippen LogP contribution is 2.31. The molecule has 0 radical (unpaired) electrons. The molecule has 0 amide bonds. The van der Waals surface area contributed by atoms with Gasteiger partial charge in [0.05, 0.1) is 18.9 Å². The molecule has 0 spiro atoms. The standard InChI is InChI=1S/C18H17Cl2FN2O6/c1-9(24)27-8-15-14(28-7-10-2-3-11(19)4-12(10)20)5-16(29-15)23-6-13(21)17(25)22-18(23)26/h2-4,6,14-16H,5,7-8H2,1H3,(H,22,25,26)/t14-,15+,16+/m0/s1. The Hall–Kier alpha value is -2.20. The lowest BCUT2D eigenvalue weighted by Gasteiger charge is -2.19. The molecule has 0 saturated carbocycles. The van der Waals surface area contributed by atoms with Crippen LogP contribution in [0.1, 0.15) is 25.1 Å². The summed E-state index contributed by atoms with van der Waals surface area (Å²) in [7, 11) is 0. The monoisotopic (exact) mass is 446 g/mol. The maximum atomic E-state index is 13.6. The molecule has 2 heterocycles. The summed E-state index contributed by atoms with van der Waals surface area (Å²) in [6, 6.07) is 4.95. The minimum absolute atomic E-state index is 0.113. The van der Waals surface area contributed by atoms with Crippen molar-refractivity contribution in [3.8, 4) is 0 Å². The number of aromatic nitrogens is 2. The number of ether oxygens (including phenoxy) is 3. The van der Waals surface area contributed by atoms with Crippen LogP contribution in [0.2, 0.25) is 10.0 Å². The first-order valence-electron chi connectivity index (χ1n) is 8.60. The minimum Gasteiger partial charge on any atom is -0.463 e. The molecule has 29 heavy (non-hydrogen) atoms. The Bertz CT molecular complexity index is 1020. The van der Waals surface area contributed by atoms with Gasteiger partial charge in [0, 0.05) is 23.4 Å². The van der Waals surface area contributed by atoms with Crippen LogP contribution in [0.15, 0.2) is 34.0 Å². The predicted octanol–water partition coefficient (Wildman–Crippen LogP) is 2.42. The normalized spacial score (nSPS) is 21.3. The number of rotatable bonds is 6. The van der Waals surface area contributed by atoms with E-state index in [1.807, 2.05) is 4.98 Å². The topological polar surface area (TPSA) is 99.6 Å². The molecule has 156 valence electrons. The quantitative estimate of drug-likeness (QED) is 0.683. The Morgan fingerprint density at radius 3 is 2.83 bits per heavy atom. The van der Waals surface area contributed by atoms with E-state index in [2.05, 4.69) is 0 Å². The van der Waals surface area contributed by atoms with Gasteiger partial charge >= 0.3 is 11.7 Å². The second-order valence-corrected chi connectivity index (χ2v) is 7.24. The summed E-state index contributed by atoms with van der Waals surface area (Å²) in [5, 5.41) is 0.902. The van der Waals surface area contributed by atoms with E-state index in [0.717, 1.165) is 10.8 Å². The van der Waals surface area contributed by atoms with Gasteiger partial charge in [-0.1, -0.05) is 29.3 Å². The third-order valence-electron chi connectivity index (χ3n) is 4.33. The van der Waals surface area contributed by atoms with Gasteiger partial charge in [-0.15, -0.1) is 0 Å². The minimum atomic E-state index is -1.12. The maximum Gasteiger partial charge on any atom is 0.330 e. The Kier molecular flexibility index (Phi) is 6.74. The Labute approximate surface area is 174 Å². The van der Waals surface area contributed by atoms with Gasteiger partial charge in [0.1, 0.15) is 18.9 Å². The highest BCUT2D eigenvalue weighted by atomic mass is 35.5. The largest absolute Gasteiger partial charge is 0.463 e. The summed E-state index contributed by atoms with van der Waals surface area (Å²) in [6.45, 7) is 1.24. The summed E-state index contributed by atoms with van der Waals surface area (Å²) in [6.07, 6.45) is -1.29. The highest BCUT2D eigenvalue weighted by Gasteiger charge is 2.38. The van der Waals surface area contributed by atoms with Crippen molar-refractivity contribution < 1.29 is 23.4 Å². The van der Waals surface area contributed by atoms with Gasteiger partial charge in [0.15, 0.2) is 0 Å². The number of esters is 1. The van der Waals surface area contributed by atoms with Crippen molar-refractivity contribution in [1.29, 1.82) is 0 Å². The highest BCUT2D eigenvalue weighted by molar-refractivity contribution is 6.35. The van der Waals surface area contributed by atoms with Gasteiger partial charge in [-0.3, -0.25) is 19.1 Å². The number of nitrogens with zero attached hydrogens (tertiary/aromatic N) is 1. The summed E-state index contributed by atoms with van der Waals surface area (Å²) in [5.41, 5.74) is -1.27. The van der Waals surface area contributed by atoms with Crippen LogP contribution in [0.5, 0.6) is 0 Å². The van der Waals surface area contributed by atoms with Crippen LogP contribution in [0.3, 0.4) is 0 Å². The van der Waals surface area contributed by atoms with Crippen LogP contribution in [0, 0.1) is 5.82 Å². The van der Waals surface area contributed by atoms with Gasteiger partial charge in [-0.05, 0) is 17.7 Å². The Balaban J connectivity index is 1.78. The average Bonchev–Trinajstić information content (AvgIpc) is 3.05. The van der Waals surface area contributed by atoms with Crippen molar-refractivity contribution in [2.45, 2.75) is 38.4 Å². The number of aromatic amines is 1. The third kappa shape index (κ3) is 5.24. The summed E-state index contributed by atoms with van der Waals surface area (Å²) < 4.78 is 31.2. The average molecular weight is 447 g/mol. The van der Waals surface area contributed by atoms with Crippen molar-refractivity contribution in [3.63, 3.8) is 0 Å². The lowest BCUT2D eigenvalue weighted by molar-refractivity contribution is -0.148. The molecule has 1 aliphatic heterocycles. The fraction of sp³-hybridized carbons (Fsp3) is 0.389. The van der Waals surface area contributed by atoms with Crippen LogP contribution >= 0.6 is 23.2 Å². The molecule has 0 aliphatic carbocycles. The Morgan fingerprint density at radius 1 is 1.38 bits per heavy atom. The van der Waals surface area contributed by atoms with E-state index < -0.39 is 41.5 Å². The molecule has 2 aromatic rings. The number of nitrogens with one attached hydrogen (secondary N) is 1. The number of carbonyl (C=O) groups is 1. The zero-order valence-electron chi connectivity index (χ0n) is 15.2. The van der Waals surface area contributed by atoms with Crippen LogP contribution in [-0.2, 0) is 25.6 Å². The van der Waals surface area contributed by atoms with Crippen LogP contribution in [0.25, 0.3) is 0 Å². The molecule has 1 aromatic heterocycles. The zero-order chi connectivity index (χ0) is 21.1. The number of benzene rings is 1. The number of hydrogen-bond donors (Lipinski definition) is 1. The number of carbonyl (C=O) groups excluding carboxylic acids is 1. The van der Waals surface area contributed by atoms with E-state index in [4.69, 9.17) is 37.4 Å². The van der Waals surface area contributed by atoms with Crippen LogP contribution in [0.4, 0.5) is 4.39 Å². The van der Waals surface area contributed by atoms with E-state index in [9.17, 15) is 18.8 Å². The molecule has 1 fully saturated rings. The fourth-order valence-electron chi connectivity index (χ4n) is 2.91. The summed E-state index contributed by atoms with van der Waals surface area (Å²) >= 11 is 12.0. The fourth-order valence-corrected chi connectivity index (χ4v) is 3.37. The molecule has 3 atom stereocenters. The first kappa shape index (κ1) is 21.5. The summed E-state index contributed by atoms with van der Waals surface area (Å²) in [5.74, 6) is -1.63. The zero-order valence-corrected chi connectivity index (χ0v) is 16.7. The van der Waals surface area contributed by atoms with Gasteiger partial charge in [-0.2, -0.15) is 4.39 Å². The number of hydrogen-bond acceptors (Lipinski definition) is 6. The molecular weight excluding hydrogens is 430 g/mol. The van der Waals surface area contributed by atoms with Crippen molar-refractivity contribution in [3.05, 3.63) is 66.7 Å². The number of H-pyrrole nitrogens is 1. The molecule has 11 heteroatoms. The second-order valence-electron chi connectivity index (χ2n) is 6.40. The maximum absolute atomic E-state index is 13.6. The molecule has 3 rings (SSSR count). The molecule has 8 nitrogen and oxygen atoms in total. The molecule has 1 aliphatic rings. The molecular formula is C18H17Cl2FN2O6. The molecule has 0 bridgehead atoms. The van der Waals surface area contributed by atoms with Crippen molar-refractivity contribution in [2.24, 2.45) is 0 Å². The van der Waals surface area contributed by atoms with Crippen LogP contribution in [-0.4, -0.2) is 34.3 Å². The Morgan fingerprint density at radius 2 is 2.14 bits per heavy atom. The van der Waals surface area contributed by atoms with Gasteiger partial charge in [-0.25, -0.2) is 4.79 Å². The lowest BCUT2D eigenvalue weighted by atomic mass is 10.1. The van der Waals surface area contributed by atoms with Crippen LogP contribution < -0.4 is 11.2 Å². The van der Waals surface area contributed by atoms with E-state index in [1.165, 1.54) is 6.92 Å².